The first-order chi connectivity index (χ1) is 10.6. The molecule has 120 valence electrons. The van der Waals surface area contributed by atoms with Crippen molar-refractivity contribution in [2.75, 3.05) is 13.6 Å². The third-order valence-corrected chi connectivity index (χ3v) is 3.34. The number of hydrogen-bond donors (Lipinski definition) is 4. The Labute approximate surface area is 135 Å². The molecule has 0 heterocycles. The third-order valence-electron chi connectivity index (χ3n) is 3.19. The fourth-order valence-electron chi connectivity index (χ4n) is 1.98. The van der Waals surface area contributed by atoms with Gasteiger partial charge < -0.3 is 26.5 Å². The van der Waals surface area contributed by atoms with Crippen molar-refractivity contribution >= 4 is 29.5 Å². The molecule has 0 bridgehead atoms. The fraction of sp³-hybridized carbons (Fsp3) is 0.400. The lowest BCUT2D eigenvalue weighted by Crippen LogP contribution is -2.49. The maximum absolute atomic E-state index is 12.2. The van der Waals surface area contributed by atoms with Gasteiger partial charge in [-0.2, -0.15) is 0 Å². The molecule has 1 aromatic rings. The molecule has 0 fully saturated rings. The minimum Gasteiger partial charge on any atom is -0.376 e. The maximum Gasteiger partial charge on any atom is 0.238 e. The summed E-state index contributed by atoms with van der Waals surface area (Å²) in [6, 6.07) is 8.73. The minimum atomic E-state index is -0.569. The lowest BCUT2D eigenvalue weighted by Gasteiger charge is -2.19. The zero-order valence-electron chi connectivity index (χ0n) is 12.5. The van der Waals surface area contributed by atoms with Crippen molar-refractivity contribution in [1.82, 2.24) is 16.0 Å². The van der Waals surface area contributed by atoms with E-state index in [-0.39, 0.29) is 11.0 Å². The molecular formula is C15H22N4O2S. The minimum absolute atomic E-state index is 0.174. The molecule has 1 aromatic carbocycles. The normalized spacial score (nSPS) is 13.0. The monoisotopic (exact) mass is 322 g/mol. The molecule has 22 heavy (non-hydrogen) atoms. The quantitative estimate of drug-likeness (QED) is 0.369. The highest BCUT2D eigenvalue weighted by molar-refractivity contribution is 7.80. The first-order valence-electron chi connectivity index (χ1n) is 7.07. The van der Waals surface area contributed by atoms with Crippen LogP contribution in [-0.2, 0) is 16.0 Å². The van der Waals surface area contributed by atoms with Crippen molar-refractivity contribution in [3.05, 3.63) is 35.9 Å². The van der Waals surface area contributed by atoms with Crippen LogP contribution < -0.4 is 21.7 Å². The molecule has 7 heteroatoms. The summed E-state index contributed by atoms with van der Waals surface area (Å²) < 4.78 is 0. The molecule has 6 nitrogen and oxygen atoms in total. The van der Waals surface area contributed by atoms with Gasteiger partial charge in [0.25, 0.3) is 0 Å². The van der Waals surface area contributed by atoms with E-state index in [0.717, 1.165) is 5.56 Å². The van der Waals surface area contributed by atoms with Gasteiger partial charge in [0.05, 0.1) is 12.1 Å². The van der Waals surface area contributed by atoms with Gasteiger partial charge in [0.2, 0.25) is 5.91 Å². The predicted molar refractivity (Wildman–Crippen MR) is 90.4 cm³/mol. The number of rotatable bonds is 9. The standard InChI is InChI=1S/C15H22N4O2S/c1-17-13(9-11-5-3-2-4-6-11)14(21)19-12(10-20)7-8-18-15(16)22/h2-6,10,12-13,17H,7-9H2,1H3,(H,19,21)(H3,16,18,22). The summed E-state index contributed by atoms with van der Waals surface area (Å²) in [6.07, 6.45) is 1.70. The Morgan fingerprint density at radius 3 is 2.59 bits per heavy atom. The van der Waals surface area contributed by atoms with E-state index in [1.807, 2.05) is 30.3 Å². The summed E-state index contributed by atoms with van der Waals surface area (Å²) in [5.41, 5.74) is 6.36. The van der Waals surface area contributed by atoms with Crippen LogP contribution in [0.5, 0.6) is 0 Å². The van der Waals surface area contributed by atoms with Crippen LogP contribution in [0.1, 0.15) is 12.0 Å². The summed E-state index contributed by atoms with van der Waals surface area (Å²) >= 11 is 4.69. The van der Waals surface area contributed by atoms with E-state index in [9.17, 15) is 9.59 Å². The fourth-order valence-corrected chi connectivity index (χ4v) is 2.09. The Morgan fingerprint density at radius 2 is 2.05 bits per heavy atom. The molecule has 5 N–H and O–H groups in total. The molecule has 0 saturated heterocycles. The van der Waals surface area contributed by atoms with E-state index >= 15 is 0 Å². The van der Waals surface area contributed by atoms with Crippen molar-refractivity contribution in [2.24, 2.45) is 5.73 Å². The molecule has 0 aromatic heterocycles. The molecule has 0 radical (unpaired) electrons. The molecule has 1 amide bonds. The molecule has 0 aliphatic carbocycles. The van der Waals surface area contributed by atoms with E-state index in [2.05, 4.69) is 28.2 Å². The Hall–Kier alpha value is -1.99. The number of hydrogen-bond acceptors (Lipinski definition) is 4. The first kappa shape index (κ1) is 18.1. The number of aldehydes is 1. The maximum atomic E-state index is 12.2. The Balaban J connectivity index is 2.51. The van der Waals surface area contributed by atoms with E-state index in [1.54, 1.807) is 7.05 Å². The van der Waals surface area contributed by atoms with Gasteiger partial charge in [0.15, 0.2) is 5.11 Å². The highest BCUT2D eigenvalue weighted by Gasteiger charge is 2.20. The van der Waals surface area contributed by atoms with Gasteiger partial charge in [-0.1, -0.05) is 30.3 Å². The van der Waals surface area contributed by atoms with Crippen LogP contribution in [0.25, 0.3) is 0 Å². The second-order valence-corrected chi connectivity index (χ2v) is 5.30. The first-order valence-corrected chi connectivity index (χ1v) is 7.47. The molecular weight excluding hydrogens is 300 g/mol. The van der Waals surface area contributed by atoms with Crippen LogP contribution in [-0.4, -0.2) is 43.0 Å². The number of thiocarbonyl (C=S) groups is 1. The van der Waals surface area contributed by atoms with Crippen LogP contribution in [0.3, 0.4) is 0 Å². The molecule has 1 rings (SSSR count). The Kier molecular flexibility index (Phi) is 8.09. The van der Waals surface area contributed by atoms with Crippen LogP contribution >= 0.6 is 12.2 Å². The highest BCUT2D eigenvalue weighted by atomic mass is 32.1. The Bertz CT molecular complexity index is 496. The number of benzene rings is 1. The van der Waals surface area contributed by atoms with Gasteiger partial charge in [-0.05, 0) is 37.7 Å². The van der Waals surface area contributed by atoms with Crippen LogP contribution in [0.4, 0.5) is 0 Å². The van der Waals surface area contributed by atoms with E-state index in [0.29, 0.717) is 25.7 Å². The van der Waals surface area contributed by atoms with Gasteiger partial charge in [0.1, 0.15) is 6.29 Å². The molecule has 0 aliphatic rings. The predicted octanol–water partition coefficient (Wildman–Crippen LogP) is -0.276. The summed E-state index contributed by atoms with van der Waals surface area (Å²) in [5, 5.41) is 8.61. The van der Waals surface area contributed by atoms with Crippen molar-refractivity contribution in [3.8, 4) is 0 Å². The van der Waals surface area contributed by atoms with Gasteiger partial charge in [-0.3, -0.25) is 4.79 Å². The molecule has 2 atom stereocenters. The summed E-state index contributed by atoms with van der Waals surface area (Å²) in [5.74, 6) is -0.209. The van der Waals surface area contributed by atoms with E-state index < -0.39 is 12.1 Å². The van der Waals surface area contributed by atoms with Crippen molar-refractivity contribution < 1.29 is 9.59 Å². The summed E-state index contributed by atoms with van der Waals surface area (Å²) in [6.45, 7) is 0.432. The second-order valence-electron chi connectivity index (χ2n) is 4.86. The van der Waals surface area contributed by atoms with Gasteiger partial charge in [0, 0.05) is 6.54 Å². The van der Waals surface area contributed by atoms with Gasteiger partial charge in [-0.15, -0.1) is 0 Å². The molecule has 0 saturated carbocycles. The van der Waals surface area contributed by atoms with E-state index in [4.69, 9.17) is 5.73 Å². The number of carbonyl (C=O) groups is 2. The van der Waals surface area contributed by atoms with Crippen molar-refractivity contribution in [2.45, 2.75) is 24.9 Å². The van der Waals surface area contributed by atoms with Crippen LogP contribution in [0, 0.1) is 0 Å². The lowest BCUT2D eigenvalue weighted by molar-refractivity contribution is -0.125. The topological polar surface area (TPSA) is 96.2 Å². The van der Waals surface area contributed by atoms with E-state index in [1.165, 1.54) is 0 Å². The molecule has 0 spiro atoms. The highest BCUT2D eigenvalue weighted by Crippen LogP contribution is 2.03. The van der Waals surface area contributed by atoms with Crippen molar-refractivity contribution in [3.63, 3.8) is 0 Å². The van der Waals surface area contributed by atoms with Crippen LogP contribution in [0.15, 0.2) is 30.3 Å². The molecule has 0 aliphatic heterocycles. The third kappa shape index (κ3) is 6.64. The SMILES string of the molecule is CNC(Cc1ccccc1)C(=O)NC(C=O)CCNC(N)=S. The summed E-state index contributed by atoms with van der Waals surface area (Å²) in [4.78, 5) is 23.3. The zero-order valence-corrected chi connectivity index (χ0v) is 13.4. The summed E-state index contributed by atoms with van der Waals surface area (Å²) in [7, 11) is 1.72. The van der Waals surface area contributed by atoms with Crippen LogP contribution in [0.2, 0.25) is 0 Å². The van der Waals surface area contributed by atoms with Gasteiger partial charge in [-0.25, -0.2) is 0 Å². The number of likely N-dealkylation sites (N-methyl/N-ethyl adjacent to an activating group) is 1. The van der Waals surface area contributed by atoms with Gasteiger partial charge >= 0.3 is 0 Å². The Morgan fingerprint density at radius 1 is 1.36 bits per heavy atom. The number of carbonyl (C=O) groups excluding carboxylic acids is 2. The number of amides is 1. The number of nitrogens with two attached hydrogens (primary N) is 1. The lowest BCUT2D eigenvalue weighted by atomic mass is 10.0. The van der Waals surface area contributed by atoms with Crippen molar-refractivity contribution in [1.29, 1.82) is 0 Å². The largest absolute Gasteiger partial charge is 0.376 e. The zero-order chi connectivity index (χ0) is 16.4. The second kappa shape index (κ2) is 9.86. The number of nitrogens with one attached hydrogen (secondary N) is 3. The smallest absolute Gasteiger partial charge is 0.238 e. The average molecular weight is 322 g/mol. The average Bonchev–Trinajstić information content (AvgIpc) is 2.52. The molecule has 2 unspecified atom stereocenters.